The number of hydrogen-bond acceptors (Lipinski definition) is 4. The first-order valence-corrected chi connectivity index (χ1v) is 6.19. The Morgan fingerprint density at radius 3 is 2.56 bits per heavy atom. The zero-order valence-electron chi connectivity index (χ0n) is 11.6. The highest BCUT2D eigenvalue weighted by Gasteiger charge is 2.15. The van der Waals surface area contributed by atoms with Crippen molar-refractivity contribution in [2.45, 2.75) is 32.9 Å². The van der Waals surface area contributed by atoms with Gasteiger partial charge in [0.2, 0.25) is 0 Å². The zero-order valence-corrected chi connectivity index (χ0v) is 11.6. The topological polar surface area (TPSA) is 50.7 Å². The van der Waals surface area contributed by atoms with Crippen LogP contribution in [0.25, 0.3) is 0 Å². The Morgan fingerprint density at radius 1 is 1.28 bits per heavy atom. The van der Waals surface area contributed by atoms with Gasteiger partial charge >= 0.3 is 0 Å². The van der Waals surface area contributed by atoms with Crippen molar-refractivity contribution in [3.05, 3.63) is 23.8 Å². The quantitative estimate of drug-likeness (QED) is 0.780. The van der Waals surface area contributed by atoms with Crippen LogP contribution in [0.2, 0.25) is 0 Å². The smallest absolute Gasteiger partial charge is 0.161 e. The molecule has 0 aliphatic carbocycles. The highest BCUT2D eigenvalue weighted by molar-refractivity contribution is 5.43. The van der Waals surface area contributed by atoms with E-state index in [1.54, 1.807) is 21.0 Å². The molecule has 0 bridgehead atoms. The van der Waals surface area contributed by atoms with Gasteiger partial charge in [0.05, 0.1) is 12.7 Å². The average molecular weight is 253 g/mol. The number of rotatable bonds is 7. The minimum atomic E-state index is -0.858. The van der Waals surface area contributed by atoms with Crippen LogP contribution in [0.4, 0.5) is 0 Å². The number of hydrogen-bond donors (Lipinski definition) is 2. The molecule has 1 aromatic carbocycles. The second-order valence-electron chi connectivity index (χ2n) is 4.87. The van der Waals surface area contributed by atoms with E-state index >= 15 is 0 Å². The van der Waals surface area contributed by atoms with Crippen molar-refractivity contribution in [2.75, 3.05) is 20.3 Å². The van der Waals surface area contributed by atoms with Crippen molar-refractivity contribution in [3.63, 3.8) is 0 Å². The van der Waals surface area contributed by atoms with Crippen LogP contribution in [0.3, 0.4) is 0 Å². The van der Waals surface area contributed by atoms with Crippen LogP contribution in [0, 0.1) is 0 Å². The third-order valence-electron chi connectivity index (χ3n) is 2.39. The highest BCUT2D eigenvalue weighted by atomic mass is 16.5. The molecule has 1 aromatic rings. The minimum Gasteiger partial charge on any atom is -0.493 e. The second kappa shape index (κ2) is 6.61. The van der Waals surface area contributed by atoms with Crippen molar-refractivity contribution in [1.29, 1.82) is 0 Å². The van der Waals surface area contributed by atoms with E-state index in [-0.39, 0.29) is 6.61 Å². The lowest BCUT2D eigenvalue weighted by atomic mass is 10.1. The molecule has 0 spiro atoms. The van der Waals surface area contributed by atoms with E-state index < -0.39 is 5.60 Å². The van der Waals surface area contributed by atoms with E-state index in [2.05, 4.69) is 12.2 Å². The SMILES string of the molecule is CCNCc1ccc(OC)c(OCC(C)(C)O)c1. The van der Waals surface area contributed by atoms with Gasteiger partial charge in [-0.3, -0.25) is 0 Å². The summed E-state index contributed by atoms with van der Waals surface area (Å²) in [5.74, 6) is 1.34. The van der Waals surface area contributed by atoms with E-state index in [9.17, 15) is 5.11 Å². The van der Waals surface area contributed by atoms with E-state index in [0.717, 1.165) is 18.7 Å². The minimum absolute atomic E-state index is 0.230. The van der Waals surface area contributed by atoms with Gasteiger partial charge in [0.1, 0.15) is 6.61 Å². The molecule has 0 fully saturated rings. The van der Waals surface area contributed by atoms with Crippen LogP contribution in [0.15, 0.2) is 18.2 Å². The first kappa shape index (κ1) is 14.8. The van der Waals surface area contributed by atoms with E-state index in [0.29, 0.717) is 11.5 Å². The normalized spacial score (nSPS) is 11.4. The second-order valence-corrected chi connectivity index (χ2v) is 4.87. The molecule has 0 aliphatic rings. The first-order valence-electron chi connectivity index (χ1n) is 6.19. The molecule has 0 atom stereocenters. The summed E-state index contributed by atoms with van der Waals surface area (Å²) in [7, 11) is 1.61. The average Bonchev–Trinajstić information content (AvgIpc) is 2.33. The van der Waals surface area contributed by atoms with Crippen molar-refractivity contribution >= 4 is 0 Å². The summed E-state index contributed by atoms with van der Waals surface area (Å²) in [5, 5.41) is 12.9. The van der Waals surface area contributed by atoms with Gasteiger partial charge in [-0.05, 0) is 38.1 Å². The van der Waals surface area contributed by atoms with Gasteiger partial charge in [-0.1, -0.05) is 13.0 Å². The fourth-order valence-electron chi connectivity index (χ4n) is 1.47. The molecule has 0 aliphatic heterocycles. The van der Waals surface area contributed by atoms with Gasteiger partial charge in [-0.2, -0.15) is 0 Å². The van der Waals surface area contributed by atoms with Gasteiger partial charge in [0, 0.05) is 6.54 Å². The summed E-state index contributed by atoms with van der Waals surface area (Å²) in [6, 6.07) is 5.82. The van der Waals surface area contributed by atoms with Crippen LogP contribution in [-0.2, 0) is 6.54 Å². The number of aliphatic hydroxyl groups is 1. The molecule has 2 N–H and O–H groups in total. The number of methoxy groups -OCH3 is 1. The summed E-state index contributed by atoms with van der Waals surface area (Å²) in [5.41, 5.74) is 0.270. The van der Waals surface area contributed by atoms with Crippen LogP contribution in [-0.4, -0.2) is 31.0 Å². The lowest BCUT2D eigenvalue weighted by Crippen LogP contribution is -2.28. The molecule has 0 radical (unpaired) electrons. The molecular weight excluding hydrogens is 230 g/mol. The summed E-state index contributed by atoms with van der Waals surface area (Å²) in [6.07, 6.45) is 0. The summed E-state index contributed by atoms with van der Waals surface area (Å²) in [4.78, 5) is 0. The van der Waals surface area contributed by atoms with Crippen LogP contribution in [0.1, 0.15) is 26.3 Å². The molecule has 4 heteroatoms. The summed E-state index contributed by atoms with van der Waals surface area (Å²) < 4.78 is 10.9. The predicted octanol–water partition coefficient (Wildman–Crippen LogP) is 1.95. The Balaban J connectivity index is 2.78. The van der Waals surface area contributed by atoms with Crippen LogP contribution >= 0.6 is 0 Å². The standard InChI is InChI=1S/C14H23NO3/c1-5-15-9-11-6-7-12(17-4)13(8-11)18-10-14(2,3)16/h6-8,15-16H,5,9-10H2,1-4H3. The van der Waals surface area contributed by atoms with Crippen LogP contribution in [0.5, 0.6) is 11.5 Å². The first-order chi connectivity index (χ1) is 8.46. The highest BCUT2D eigenvalue weighted by Crippen LogP contribution is 2.28. The lowest BCUT2D eigenvalue weighted by Gasteiger charge is -2.19. The number of ether oxygens (including phenoxy) is 2. The summed E-state index contributed by atoms with van der Waals surface area (Å²) >= 11 is 0. The van der Waals surface area contributed by atoms with Gasteiger partial charge in [0.25, 0.3) is 0 Å². The molecule has 0 amide bonds. The Kier molecular flexibility index (Phi) is 5.44. The van der Waals surface area contributed by atoms with E-state index in [1.165, 1.54) is 0 Å². The van der Waals surface area contributed by atoms with E-state index in [4.69, 9.17) is 9.47 Å². The maximum absolute atomic E-state index is 9.68. The number of benzene rings is 1. The Hall–Kier alpha value is -1.26. The molecule has 1 rings (SSSR count). The van der Waals surface area contributed by atoms with Gasteiger partial charge in [-0.15, -0.1) is 0 Å². The lowest BCUT2D eigenvalue weighted by molar-refractivity contribution is 0.0276. The van der Waals surface area contributed by atoms with Crippen molar-refractivity contribution in [2.24, 2.45) is 0 Å². The molecule has 0 saturated heterocycles. The van der Waals surface area contributed by atoms with Gasteiger partial charge in [-0.25, -0.2) is 0 Å². The molecule has 18 heavy (non-hydrogen) atoms. The van der Waals surface area contributed by atoms with E-state index in [1.807, 2.05) is 18.2 Å². The maximum Gasteiger partial charge on any atom is 0.161 e. The summed E-state index contributed by atoms with van der Waals surface area (Å²) in [6.45, 7) is 7.43. The fourth-order valence-corrected chi connectivity index (χ4v) is 1.47. The molecule has 0 heterocycles. The molecular formula is C14H23NO3. The predicted molar refractivity (Wildman–Crippen MR) is 72.2 cm³/mol. The molecule has 4 nitrogen and oxygen atoms in total. The Bertz CT molecular complexity index is 372. The molecule has 0 aromatic heterocycles. The monoisotopic (exact) mass is 253 g/mol. The Labute approximate surface area is 109 Å². The third kappa shape index (κ3) is 4.94. The maximum atomic E-state index is 9.68. The fraction of sp³-hybridized carbons (Fsp3) is 0.571. The van der Waals surface area contributed by atoms with Crippen molar-refractivity contribution < 1.29 is 14.6 Å². The number of nitrogens with one attached hydrogen (secondary N) is 1. The van der Waals surface area contributed by atoms with Crippen molar-refractivity contribution in [3.8, 4) is 11.5 Å². The molecule has 0 saturated carbocycles. The van der Waals surface area contributed by atoms with Gasteiger partial charge in [0.15, 0.2) is 11.5 Å². The Morgan fingerprint density at radius 2 is 2.00 bits per heavy atom. The largest absolute Gasteiger partial charge is 0.493 e. The van der Waals surface area contributed by atoms with Crippen molar-refractivity contribution in [1.82, 2.24) is 5.32 Å². The molecule has 102 valence electrons. The van der Waals surface area contributed by atoms with Gasteiger partial charge < -0.3 is 19.9 Å². The van der Waals surface area contributed by atoms with Crippen LogP contribution < -0.4 is 14.8 Å². The molecule has 0 unspecified atom stereocenters. The third-order valence-corrected chi connectivity index (χ3v) is 2.39. The zero-order chi connectivity index (χ0) is 13.6.